The van der Waals surface area contributed by atoms with Gasteiger partial charge in [-0.1, -0.05) is 121 Å². The van der Waals surface area contributed by atoms with Crippen LogP contribution < -0.4 is 0 Å². The first-order valence-electron chi connectivity index (χ1n) is 9.82. The Kier molecular flexibility index (Phi) is 5.96. The molecule has 4 rings (SSSR count). The van der Waals surface area contributed by atoms with Crippen LogP contribution in [0.2, 0.25) is 0 Å². The van der Waals surface area contributed by atoms with E-state index in [4.69, 9.17) is 0 Å². The maximum Gasteiger partial charge on any atom is 0.0607 e. The average Bonchev–Trinajstić information content (AvgIpc) is 2.77. The zero-order chi connectivity index (χ0) is 19.0. The summed E-state index contributed by atoms with van der Waals surface area (Å²) >= 11 is 0. The van der Waals surface area contributed by atoms with Gasteiger partial charge in [-0.15, -0.1) is 0 Å². The molecule has 0 amide bonds. The van der Waals surface area contributed by atoms with Crippen molar-refractivity contribution in [2.24, 2.45) is 0 Å². The minimum Gasteiger partial charge on any atom is -0.284 e. The minimum atomic E-state index is 0.197. The third-order valence-corrected chi connectivity index (χ3v) is 5.05. The fourth-order valence-corrected chi connectivity index (χ4v) is 3.76. The monoisotopic (exact) mass is 363 g/mol. The first-order valence-corrected chi connectivity index (χ1v) is 9.82. The number of nitrogens with zero attached hydrogens (tertiary/aromatic N) is 1. The van der Waals surface area contributed by atoms with Crippen LogP contribution in [0.5, 0.6) is 0 Å². The van der Waals surface area contributed by atoms with Gasteiger partial charge in [-0.25, -0.2) is 0 Å². The van der Waals surface area contributed by atoms with Crippen molar-refractivity contribution < 1.29 is 0 Å². The third kappa shape index (κ3) is 4.57. The van der Waals surface area contributed by atoms with Crippen LogP contribution in [-0.4, -0.2) is 4.90 Å². The maximum atomic E-state index is 2.56. The normalized spacial score (nSPS) is 11.1. The fraction of sp³-hybridized carbons (Fsp3) is 0.111. The molecule has 0 aliphatic heterocycles. The molecule has 1 nitrogen and oxygen atoms in total. The highest BCUT2D eigenvalue weighted by molar-refractivity contribution is 5.32. The van der Waals surface area contributed by atoms with Crippen LogP contribution in [0.1, 0.15) is 28.3 Å². The Hall–Kier alpha value is -3.16. The Labute approximate surface area is 167 Å². The summed E-state index contributed by atoms with van der Waals surface area (Å²) in [5.41, 5.74) is 5.30. The van der Waals surface area contributed by atoms with Crippen molar-refractivity contribution in [3.05, 3.63) is 144 Å². The standard InChI is InChI=1S/C27H25N/c1-5-13-23(14-6-1)21-28(22-24-15-7-2-8-16-24)27(25-17-9-3-10-18-25)26-19-11-4-12-20-26/h1-20,27H,21-22H2. The van der Waals surface area contributed by atoms with Gasteiger partial charge in [0.05, 0.1) is 6.04 Å². The van der Waals surface area contributed by atoms with Crippen molar-refractivity contribution >= 4 is 0 Å². The Morgan fingerprint density at radius 1 is 0.429 bits per heavy atom. The van der Waals surface area contributed by atoms with Gasteiger partial charge in [0.15, 0.2) is 0 Å². The fourth-order valence-electron chi connectivity index (χ4n) is 3.76. The van der Waals surface area contributed by atoms with Crippen molar-refractivity contribution in [1.82, 2.24) is 4.90 Å². The molecule has 0 saturated heterocycles. The van der Waals surface area contributed by atoms with Crippen molar-refractivity contribution in [3.8, 4) is 0 Å². The van der Waals surface area contributed by atoms with Crippen LogP contribution >= 0.6 is 0 Å². The predicted molar refractivity (Wildman–Crippen MR) is 117 cm³/mol. The topological polar surface area (TPSA) is 3.24 Å². The van der Waals surface area contributed by atoms with Crippen molar-refractivity contribution in [2.45, 2.75) is 19.1 Å². The molecule has 0 fully saturated rings. The van der Waals surface area contributed by atoms with Crippen LogP contribution in [0.15, 0.2) is 121 Å². The SMILES string of the molecule is c1ccc(CN(Cc2ccccc2)C(c2ccccc2)c2ccccc2)cc1. The van der Waals surface area contributed by atoms with E-state index >= 15 is 0 Å². The van der Waals surface area contributed by atoms with Crippen molar-refractivity contribution in [3.63, 3.8) is 0 Å². The van der Waals surface area contributed by atoms with Crippen LogP contribution in [-0.2, 0) is 13.1 Å². The summed E-state index contributed by atoms with van der Waals surface area (Å²) in [6, 6.07) is 43.4. The zero-order valence-electron chi connectivity index (χ0n) is 16.0. The van der Waals surface area contributed by atoms with Gasteiger partial charge in [-0.3, -0.25) is 4.90 Å². The molecule has 28 heavy (non-hydrogen) atoms. The number of hydrogen-bond acceptors (Lipinski definition) is 1. The molecule has 4 aromatic rings. The first-order chi connectivity index (χ1) is 13.9. The first kappa shape index (κ1) is 18.2. The molecule has 0 aromatic heterocycles. The molecule has 0 aliphatic rings. The number of hydrogen-bond donors (Lipinski definition) is 0. The van der Waals surface area contributed by atoms with Gasteiger partial charge in [0.1, 0.15) is 0 Å². The number of benzene rings is 4. The molecule has 0 spiro atoms. The lowest BCUT2D eigenvalue weighted by Crippen LogP contribution is -2.29. The highest BCUT2D eigenvalue weighted by atomic mass is 15.2. The summed E-state index contributed by atoms with van der Waals surface area (Å²) < 4.78 is 0. The van der Waals surface area contributed by atoms with E-state index in [1.54, 1.807) is 0 Å². The molecule has 0 atom stereocenters. The molecule has 0 radical (unpaired) electrons. The van der Waals surface area contributed by atoms with Gasteiger partial charge < -0.3 is 0 Å². The highest BCUT2D eigenvalue weighted by Gasteiger charge is 2.22. The van der Waals surface area contributed by atoms with Crippen molar-refractivity contribution in [2.75, 3.05) is 0 Å². The van der Waals surface area contributed by atoms with Crippen molar-refractivity contribution in [1.29, 1.82) is 0 Å². The lowest BCUT2D eigenvalue weighted by molar-refractivity contribution is 0.207. The lowest BCUT2D eigenvalue weighted by atomic mass is 9.96. The van der Waals surface area contributed by atoms with E-state index in [1.807, 2.05) is 0 Å². The van der Waals surface area contributed by atoms with Crippen LogP contribution in [0.25, 0.3) is 0 Å². The Morgan fingerprint density at radius 3 is 1.11 bits per heavy atom. The zero-order valence-corrected chi connectivity index (χ0v) is 16.0. The summed E-state index contributed by atoms with van der Waals surface area (Å²) in [5, 5.41) is 0. The summed E-state index contributed by atoms with van der Waals surface area (Å²) in [5.74, 6) is 0. The quantitative estimate of drug-likeness (QED) is 0.363. The summed E-state index contributed by atoms with van der Waals surface area (Å²) in [7, 11) is 0. The van der Waals surface area contributed by atoms with Gasteiger partial charge in [-0.05, 0) is 22.3 Å². The largest absolute Gasteiger partial charge is 0.284 e. The molecule has 138 valence electrons. The van der Waals surface area contributed by atoms with Crippen LogP contribution in [0.4, 0.5) is 0 Å². The lowest BCUT2D eigenvalue weighted by Gasteiger charge is -2.33. The molecule has 4 aromatic carbocycles. The van der Waals surface area contributed by atoms with Crippen LogP contribution in [0.3, 0.4) is 0 Å². The molecule has 0 aliphatic carbocycles. The Bertz CT molecular complexity index is 869. The maximum absolute atomic E-state index is 2.56. The molecule has 0 saturated carbocycles. The second-order valence-electron chi connectivity index (χ2n) is 7.10. The van der Waals surface area contributed by atoms with E-state index in [9.17, 15) is 0 Å². The molecule has 0 bridgehead atoms. The third-order valence-electron chi connectivity index (χ3n) is 5.05. The molecular weight excluding hydrogens is 338 g/mol. The summed E-state index contributed by atoms with van der Waals surface area (Å²) in [4.78, 5) is 2.56. The second-order valence-corrected chi connectivity index (χ2v) is 7.10. The van der Waals surface area contributed by atoms with Gasteiger partial charge in [0, 0.05) is 13.1 Å². The smallest absolute Gasteiger partial charge is 0.0607 e. The number of rotatable bonds is 7. The average molecular weight is 364 g/mol. The second kappa shape index (κ2) is 9.16. The van der Waals surface area contributed by atoms with E-state index in [0.29, 0.717) is 0 Å². The molecule has 0 heterocycles. The molecule has 0 N–H and O–H groups in total. The molecule has 1 heteroatoms. The van der Waals surface area contributed by atoms with Crippen LogP contribution in [0, 0.1) is 0 Å². The van der Waals surface area contributed by atoms with E-state index < -0.39 is 0 Å². The van der Waals surface area contributed by atoms with Gasteiger partial charge in [0.25, 0.3) is 0 Å². The van der Waals surface area contributed by atoms with Gasteiger partial charge in [-0.2, -0.15) is 0 Å². The van der Waals surface area contributed by atoms with E-state index in [2.05, 4.69) is 126 Å². The van der Waals surface area contributed by atoms with E-state index in [1.165, 1.54) is 22.3 Å². The van der Waals surface area contributed by atoms with E-state index in [0.717, 1.165) is 13.1 Å². The van der Waals surface area contributed by atoms with Gasteiger partial charge >= 0.3 is 0 Å². The van der Waals surface area contributed by atoms with Gasteiger partial charge in [0.2, 0.25) is 0 Å². The Morgan fingerprint density at radius 2 is 0.750 bits per heavy atom. The summed E-state index contributed by atoms with van der Waals surface area (Å²) in [6.45, 7) is 1.79. The highest BCUT2D eigenvalue weighted by Crippen LogP contribution is 2.31. The predicted octanol–water partition coefficient (Wildman–Crippen LogP) is 6.48. The summed E-state index contributed by atoms with van der Waals surface area (Å²) in [6.07, 6.45) is 0. The van der Waals surface area contributed by atoms with E-state index in [-0.39, 0.29) is 6.04 Å². The Balaban J connectivity index is 1.76. The molecule has 0 unspecified atom stereocenters. The molecular formula is C27H25N. The minimum absolute atomic E-state index is 0.197.